The van der Waals surface area contributed by atoms with Gasteiger partial charge in [0.25, 0.3) is 0 Å². The molecule has 0 unspecified atom stereocenters. The first-order chi connectivity index (χ1) is 12.6. The van der Waals surface area contributed by atoms with E-state index in [-0.39, 0.29) is 12.7 Å². The molecule has 0 saturated carbocycles. The van der Waals surface area contributed by atoms with E-state index in [4.69, 9.17) is 9.47 Å². The molecule has 26 heavy (non-hydrogen) atoms. The van der Waals surface area contributed by atoms with Crippen LogP contribution in [0.25, 0.3) is 0 Å². The van der Waals surface area contributed by atoms with Crippen LogP contribution in [0.2, 0.25) is 0 Å². The van der Waals surface area contributed by atoms with Crippen molar-refractivity contribution in [1.29, 1.82) is 0 Å². The number of nitrogens with one attached hydrogen (secondary N) is 1. The monoisotopic (exact) mass is 358 g/mol. The number of allylic oxidation sites excluding steroid dienone is 1. The molecule has 0 amide bonds. The molecule has 0 aliphatic carbocycles. The van der Waals surface area contributed by atoms with E-state index in [0.29, 0.717) is 29.4 Å². The van der Waals surface area contributed by atoms with Gasteiger partial charge in [0.1, 0.15) is 24.8 Å². The van der Waals surface area contributed by atoms with E-state index in [0.717, 1.165) is 12.8 Å². The molecule has 1 aromatic heterocycles. The molecule has 2 aromatic rings. The molecule has 1 aromatic carbocycles. The van der Waals surface area contributed by atoms with E-state index in [1.165, 1.54) is 17.1 Å². The highest BCUT2D eigenvalue weighted by molar-refractivity contribution is 5.92. The molecule has 1 N–H and O–H groups in total. The number of rotatable bonds is 4. The minimum atomic E-state index is -0.744. The van der Waals surface area contributed by atoms with Crippen molar-refractivity contribution in [3.8, 4) is 0 Å². The van der Waals surface area contributed by atoms with Crippen molar-refractivity contribution in [2.45, 2.75) is 31.9 Å². The first-order valence-corrected chi connectivity index (χ1v) is 8.55. The largest absolute Gasteiger partial charge is 0.459 e. The van der Waals surface area contributed by atoms with Crippen LogP contribution < -0.4 is 5.32 Å². The van der Waals surface area contributed by atoms with Gasteiger partial charge in [-0.25, -0.2) is 13.9 Å². The van der Waals surface area contributed by atoms with Gasteiger partial charge in [0, 0.05) is 17.9 Å². The standard InChI is InChI=1S/C18H19FN4O3/c1-11-15(17(24)26-9-12-5-4-8-25-12)16(13-6-2-3-7-14(13)19)23-18(22-11)20-10-21-23/h2-3,6-7,10,12,16H,4-5,8-9H2,1H3,(H,20,21,22)/t12-,16+/m1/s1. The second kappa shape index (κ2) is 6.87. The number of hydrogen-bond acceptors (Lipinski definition) is 6. The number of aromatic nitrogens is 3. The Bertz CT molecular complexity index is 858. The molecule has 8 heteroatoms. The molecule has 2 aliphatic heterocycles. The molecule has 136 valence electrons. The van der Waals surface area contributed by atoms with Crippen molar-refractivity contribution in [2.75, 3.05) is 18.5 Å². The Labute approximate surface area is 149 Å². The second-order valence-corrected chi connectivity index (χ2v) is 6.35. The number of carbonyl (C=O) groups excluding carboxylic acids is 1. The summed E-state index contributed by atoms with van der Waals surface area (Å²) in [7, 11) is 0. The smallest absolute Gasteiger partial charge is 0.338 e. The molecule has 0 bridgehead atoms. The van der Waals surface area contributed by atoms with Crippen molar-refractivity contribution in [3.05, 3.63) is 53.2 Å². The van der Waals surface area contributed by atoms with E-state index < -0.39 is 17.8 Å². The summed E-state index contributed by atoms with van der Waals surface area (Å²) in [6.07, 6.45) is 3.12. The van der Waals surface area contributed by atoms with Gasteiger partial charge in [0.05, 0.1) is 11.7 Å². The molecule has 2 atom stereocenters. The quantitative estimate of drug-likeness (QED) is 0.846. The van der Waals surface area contributed by atoms with Gasteiger partial charge in [0.2, 0.25) is 5.95 Å². The SMILES string of the molecule is CC1=C(C(=O)OC[C@H]2CCCO2)[C@H](c2ccccc2F)n2ncnc2N1. The van der Waals surface area contributed by atoms with Gasteiger partial charge in [-0.05, 0) is 25.8 Å². The van der Waals surface area contributed by atoms with Crippen molar-refractivity contribution >= 4 is 11.9 Å². The van der Waals surface area contributed by atoms with Crippen LogP contribution in [0.15, 0.2) is 41.9 Å². The van der Waals surface area contributed by atoms with Crippen LogP contribution in [0.5, 0.6) is 0 Å². The average Bonchev–Trinajstić information content (AvgIpc) is 3.30. The van der Waals surface area contributed by atoms with Gasteiger partial charge in [-0.3, -0.25) is 0 Å². The van der Waals surface area contributed by atoms with Gasteiger partial charge in [0.15, 0.2) is 0 Å². The van der Waals surface area contributed by atoms with Crippen molar-refractivity contribution < 1.29 is 18.7 Å². The van der Waals surface area contributed by atoms with Crippen LogP contribution in [-0.4, -0.2) is 40.1 Å². The maximum absolute atomic E-state index is 14.5. The predicted octanol–water partition coefficient (Wildman–Crippen LogP) is 2.43. The average molecular weight is 358 g/mol. The highest BCUT2D eigenvalue weighted by atomic mass is 19.1. The van der Waals surface area contributed by atoms with E-state index in [2.05, 4.69) is 15.4 Å². The Morgan fingerprint density at radius 2 is 2.31 bits per heavy atom. The Morgan fingerprint density at radius 1 is 1.46 bits per heavy atom. The third kappa shape index (κ3) is 2.96. The lowest BCUT2D eigenvalue weighted by atomic mass is 9.95. The maximum atomic E-state index is 14.5. The highest BCUT2D eigenvalue weighted by Crippen LogP contribution is 2.36. The summed E-state index contributed by atoms with van der Waals surface area (Å²) in [4.78, 5) is 17.0. The zero-order valence-electron chi connectivity index (χ0n) is 14.3. The van der Waals surface area contributed by atoms with Crippen LogP contribution in [0.1, 0.15) is 31.4 Å². The van der Waals surface area contributed by atoms with Crippen molar-refractivity contribution in [1.82, 2.24) is 14.8 Å². The van der Waals surface area contributed by atoms with Gasteiger partial charge >= 0.3 is 5.97 Å². The number of carbonyl (C=O) groups is 1. The summed E-state index contributed by atoms with van der Waals surface area (Å²) in [6, 6.07) is 5.58. The lowest BCUT2D eigenvalue weighted by molar-refractivity contribution is -0.142. The molecular formula is C18H19FN4O3. The summed E-state index contributed by atoms with van der Waals surface area (Å²) < 4.78 is 27.0. The van der Waals surface area contributed by atoms with E-state index in [9.17, 15) is 9.18 Å². The predicted molar refractivity (Wildman–Crippen MR) is 90.8 cm³/mol. The van der Waals surface area contributed by atoms with Crippen LogP contribution in [0.3, 0.4) is 0 Å². The highest BCUT2D eigenvalue weighted by Gasteiger charge is 2.36. The van der Waals surface area contributed by atoms with Crippen LogP contribution >= 0.6 is 0 Å². The Morgan fingerprint density at radius 3 is 3.08 bits per heavy atom. The lowest BCUT2D eigenvalue weighted by Gasteiger charge is -2.28. The third-order valence-corrected chi connectivity index (χ3v) is 4.64. The fraction of sp³-hybridized carbons (Fsp3) is 0.389. The molecule has 0 radical (unpaired) electrons. The molecule has 1 saturated heterocycles. The molecule has 7 nitrogen and oxygen atoms in total. The van der Waals surface area contributed by atoms with Crippen molar-refractivity contribution in [2.24, 2.45) is 0 Å². The summed E-state index contributed by atoms with van der Waals surface area (Å²) in [6.45, 7) is 2.62. The number of benzene rings is 1. The van der Waals surface area contributed by atoms with Crippen LogP contribution in [-0.2, 0) is 14.3 Å². The lowest BCUT2D eigenvalue weighted by Crippen LogP contribution is -2.31. The first-order valence-electron chi connectivity index (χ1n) is 8.55. The first kappa shape index (κ1) is 16.7. The molecule has 1 fully saturated rings. The summed E-state index contributed by atoms with van der Waals surface area (Å²) in [5.74, 6) is -0.482. The number of ether oxygens (including phenoxy) is 2. The Balaban J connectivity index is 1.68. The second-order valence-electron chi connectivity index (χ2n) is 6.35. The summed E-state index contributed by atoms with van der Waals surface area (Å²) in [5.41, 5.74) is 1.21. The van der Waals surface area contributed by atoms with E-state index >= 15 is 0 Å². The third-order valence-electron chi connectivity index (χ3n) is 4.64. The van der Waals surface area contributed by atoms with Gasteiger partial charge in [-0.1, -0.05) is 18.2 Å². The molecule has 4 rings (SSSR count). The van der Waals surface area contributed by atoms with Crippen LogP contribution in [0, 0.1) is 5.82 Å². The molecule has 3 heterocycles. The fourth-order valence-electron chi connectivity index (χ4n) is 3.36. The number of esters is 1. The molecule has 2 aliphatic rings. The Hall–Kier alpha value is -2.74. The fourth-order valence-corrected chi connectivity index (χ4v) is 3.36. The van der Waals surface area contributed by atoms with Crippen LogP contribution in [0.4, 0.5) is 10.3 Å². The number of halogens is 1. The van der Waals surface area contributed by atoms with Crippen molar-refractivity contribution in [3.63, 3.8) is 0 Å². The van der Waals surface area contributed by atoms with Gasteiger partial charge in [-0.2, -0.15) is 10.1 Å². The number of nitrogens with zero attached hydrogens (tertiary/aromatic N) is 3. The minimum Gasteiger partial charge on any atom is -0.459 e. The number of fused-ring (bicyclic) bond motifs is 1. The number of hydrogen-bond donors (Lipinski definition) is 1. The zero-order chi connectivity index (χ0) is 18.1. The topological polar surface area (TPSA) is 78.3 Å². The van der Waals surface area contributed by atoms with Gasteiger partial charge in [-0.15, -0.1) is 0 Å². The zero-order valence-corrected chi connectivity index (χ0v) is 14.3. The maximum Gasteiger partial charge on any atom is 0.338 e. The Kier molecular flexibility index (Phi) is 4.42. The minimum absolute atomic E-state index is 0.0785. The molecule has 0 spiro atoms. The number of anilines is 1. The van der Waals surface area contributed by atoms with Gasteiger partial charge < -0.3 is 14.8 Å². The molecular weight excluding hydrogens is 339 g/mol. The summed E-state index contributed by atoms with van der Waals surface area (Å²) in [5, 5.41) is 7.20. The summed E-state index contributed by atoms with van der Waals surface area (Å²) >= 11 is 0. The van der Waals surface area contributed by atoms with E-state index in [1.807, 2.05) is 0 Å². The normalized spacial score (nSPS) is 22.1. The van der Waals surface area contributed by atoms with E-state index in [1.54, 1.807) is 25.1 Å².